The lowest BCUT2D eigenvalue weighted by molar-refractivity contribution is -0.384. The maximum atomic E-state index is 12.0. The third-order valence-corrected chi connectivity index (χ3v) is 3.46. The number of carbonyl (C=O) groups is 2. The first kappa shape index (κ1) is 17.1. The molecule has 0 atom stereocenters. The molecule has 1 N–H and O–H groups in total. The average molecular weight is 354 g/mol. The van der Waals surface area contributed by atoms with Crippen LogP contribution in [-0.2, 0) is 9.59 Å². The molecule has 2 aromatic rings. The van der Waals surface area contributed by atoms with Crippen LogP contribution in [0.1, 0.15) is 6.42 Å². The number of amidine groups is 1. The number of anilines is 1. The summed E-state index contributed by atoms with van der Waals surface area (Å²) >= 11 is 0. The van der Waals surface area contributed by atoms with E-state index in [2.05, 4.69) is 10.4 Å². The Labute approximate surface area is 148 Å². The largest absolute Gasteiger partial charge is 0.484 e. The molecule has 0 saturated heterocycles. The number of para-hydroxylation sites is 1. The van der Waals surface area contributed by atoms with E-state index in [9.17, 15) is 19.7 Å². The Morgan fingerprint density at radius 2 is 2.00 bits per heavy atom. The van der Waals surface area contributed by atoms with Gasteiger partial charge in [0.15, 0.2) is 6.61 Å². The van der Waals surface area contributed by atoms with Crippen molar-refractivity contribution in [1.29, 1.82) is 0 Å². The Bertz CT molecular complexity index is 882. The fraction of sp³-hybridized carbons (Fsp3) is 0.118. The highest BCUT2D eigenvalue weighted by atomic mass is 16.6. The van der Waals surface area contributed by atoms with Crippen molar-refractivity contribution in [2.45, 2.75) is 6.42 Å². The summed E-state index contributed by atoms with van der Waals surface area (Å²) in [7, 11) is 0. The van der Waals surface area contributed by atoms with E-state index in [-0.39, 0.29) is 36.2 Å². The smallest absolute Gasteiger partial charge is 0.273 e. The minimum Gasteiger partial charge on any atom is -0.484 e. The van der Waals surface area contributed by atoms with Crippen molar-refractivity contribution in [2.24, 2.45) is 5.10 Å². The molecule has 1 aliphatic heterocycles. The van der Waals surface area contributed by atoms with Crippen LogP contribution in [0.15, 0.2) is 59.7 Å². The standard InChI is InChI=1S/C17H14N4O5/c22-16(11-26-14-8-4-7-13(9-14)21(24)25)18-15-10-17(23)20(19-15)12-5-2-1-3-6-12/h1-9H,10-11H2,(H,18,19,22). The monoisotopic (exact) mass is 354 g/mol. The van der Waals surface area contributed by atoms with Crippen molar-refractivity contribution < 1.29 is 19.2 Å². The number of carbonyl (C=O) groups excluding carboxylic acids is 2. The predicted octanol–water partition coefficient (Wildman–Crippen LogP) is 1.84. The molecule has 0 bridgehead atoms. The fourth-order valence-electron chi connectivity index (χ4n) is 2.30. The van der Waals surface area contributed by atoms with Crippen LogP contribution in [0.4, 0.5) is 11.4 Å². The number of non-ortho nitro benzene ring substituents is 1. The van der Waals surface area contributed by atoms with Crippen molar-refractivity contribution in [1.82, 2.24) is 5.32 Å². The molecule has 1 aliphatic rings. The Hall–Kier alpha value is -3.75. The van der Waals surface area contributed by atoms with Gasteiger partial charge in [0.1, 0.15) is 11.6 Å². The molecule has 26 heavy (non-hydrogen) atoms. The Balaban J connectivity index is 1.58. The maximum absolute atomic E-state index is 12.0. The molecule has 0 unspecified atom stereocenters. The Morgan fingerprint density at radius 3 is 2.73 bits per heavy atom. The van der Waals surface area contributed by atoms with Gasteiger partial charge in [0.2, 0.25) is 0 Å². The molecule has 9 nitrogen and oxygen atoms in total. The average Bonchev–Trinajstić information content (AvgIpc) is 3.01. The summed E-state index contributed by atoms with van der Waals surface area (Å²) in [4.78, 5) is 34.1. The summed E-state index contributed by atoms with van der Waals surface area (Å²) in [6, 6.07) is 14.4. The van der Waals surface area contributed by atoms with Gasteiger partial charge in [-0.25, -0.2) is 0 Å². The molecule has 132 valence electrons. The zero-order chi connectivity index (χ0) is 18.5. The molecule has 0 spiro atoms. The van der Waals surface area contributed by atoms with Crippen LogP contribution in [-0.4, -0.2) is 29.2 Å². The zero-order valence-electron chi connectivity index (χ0n) is 13.5. The van der Waals surface area contributed by atoms with E-state index in [0.29, 0.717) is 5.69 Å². The van der Waals surface area contributed by atoms with Crippen LogP contribution in [0.3, 0.4) is 0 Å². The SMILES string of the molecule is O=C(COc1cccc([N+](=O)[O-])c1)NC1=NN(c2ccccc2)C(=O)C1. The molecule has 0 fully saturated rings. The molecule has 0 aliphatic carbocycles. The van der Waals surface area contributed by atoms with Gasteiger partial charge in [-0.2, -0.15) is 10.1 Å². The number of hydrazone groups is 1. The zero-order valence-corrected chi connectivity index (χ0v) is 13.5. The van der Waals surface area contributed by atoms with Crippen molar-refractivity contribution in [3.63, 3.8) is 0 Å². The first-order valence-corrected chi connectivity index (χ1v) is 7.65. The summed E-state index contributed by atoms with van der Waals surface area (Å²) in [5.41, 5.74) is 0.474. The lowest BCUT2D eigenvalue weighted by Gasteiger charge is -2.10. The van der Waals surface area contributed by atoms with Crippen molar-refractivity contribution in [3.05, 3.63) is 64.7 Å². The second kappa shape index (κ2) is 7.43. The molecular formula is C17H14N4O5. The van der Waals surface area contributed by atoms with Crippen LogP contribution in [0.25, 0.3) is 0 Å². The van der Waals surface area contributed by atoms with Crippen molar-refractivity contribution >= 4 is 29.0 Å². The molecule has 0 aromatic heterocycles. The van der Waals surface area contributed by atoms with Gasteiger partial charge < -0.3 is 10.1 Å². The first-order valence-electron chi connectivity index (χ1n) is 7.65. The number of nitrogens with one attached hydrogen (secondary N) is 1. The highest BCUT2D eigenvalue weighted by Gasteiger charge is 2.26. The van der Waals surface area contributed by atoms with Gasteiger partial charge in [0, 0.05) is 6.07 Å². The Morgan fingerprint density at radius 1 is 1.23 bits per heavy atom. The molecule has 0 radical (unpaired) electrons. The van der Waals surface area contributed by atoms with E-state index >= 15 is 0 Å². The third-order valence-electron chi connectivity index (χ3n) is 3.46. The number of rotatable bonds is 5. The van der Waals surface area contributed by atoms with Crippen molar-refractivity contribution in [3.8, 4) is 5.75 Å². The van der Waals surface area contributed by atoms with E-state index in [1.54, 1.807) is 24.3 Å². The van der Waals surface area contributed by atoms with E-state index in [4.69, 9.17) is 4.74 Å². The van der Waals surface area contributed by atoms with Gasteiger partial charge in [-0.15, -0.1) is 0 Å². The predicted molar refractivity (Wildman–Crippen MR) is 92.7 cm³/mol. The van der Waals surface area contributed by atoms with Crippen molar-refractivity contribution in [2.75, 3.05) is 11.6 Å². The maximum Gasteiger partial charge on any atom is 0.273 e. The number of hydrogen-bond donors (Lipinski definition) is 1. The van der Waals surface area contributed by atoms with Gasteiger partial charge in [-0.3, -0.25) is 19.7 Å². The van der Waals surface area contributed by atoms with Gasteiger partial charge in [-0.05, 0) is 18.2 Å². The quantitative estimate of drug-likeness (QED) is 0.650. The number of amides is 2. The number of nitro benzene ring substituents is 1. The fourth-order valence-corrected chi connectivity index (χ4v) is 2.30. The lowest BCUT2D eigenvalue weighted by atomic mass is 10.3. The van der Waals surface area contributed by atoms with E-state index < -0.39 is 10.8 Å². The molecule has 2 amide bonds. The van der Waals surface area contributed by atoms with E-state index in [0.717, 1.165) is 0 Å². The van der Waals surface area contributed by atoms with Crippen LogP contribution in [0, 0.1) is 10.1 Å². The second-order valence-electron chi connectivity index (χ2n) is 5.36. The second-order valence-corrected chi connectivity index (χ2v) is 5.36. The molecule has 9 heteroatoms. The first-order chi connectivity index (χ1) is 12.5. The van der Waals surface area contributed by atoms with Crippen LogP contribution < -0.4 is 15.1 Å². The van der Waals surface area contributed by atoms with E-state index in [1.165, 1.54) is 29.3 Å². The van der Waals surface area contributed by atoms with Crippen LogP contribution >= 0.6 is 0 Å². The highest BCUT2D eigenvalue weighted by Crippen LogP contribution is 2.20. The summed E-state index contributed by atoms with van der Waals surface area (Å²) < 4.78 is 5.24. The molecule has 2 aromatic carbocycles. The summed E-state index contributed by atoms with van der Waals surface area (Å²) in [5.74, 6) is -0.361. The summed E-state index contributed by atoms with van der Waals surface area (Å²) in [6.45, 7) is -0.361. The minimum absolute atomic E-state index is 0.0303. The van der Waals surface area contributed by atoms with Crippen LogP contribution in [0.2, 0.25) is 0 Å². The number of benzene rings is 2. The van der Waals surface area contributed by atoms with Gasteiger partial charge in [0.05, 0.1) is 23.1 Å². The number of nitrogens with zero attached hydrogens (tertiary/aromatic N) is 3. The molecule has 3 rings (SSSR count). The van der Waals surface area contributed by atoms with Gasteiger partial charge >= 0.3 is 0 Å². The highest BCUT2D eigenvalue weighted by molar-refractivity contribution is 6.15. The van der Waals surface area contributed by atoms with E-state index in [1.807, 2.05) is 6.07 Å². The number of ether oxygens (including phenoxy) is 1. The normalized spacial score (nSPS) is 13.3. The third kappa shape index (κ3) is 4.01. The molecule has 1 heterocycles. The minimum atomic E-state index is -0.552. The Kier molecular flexibility index (Phi) is 4.88. The molecule has 0 saturated carbocycles. The summed E-state index contributed by atoms with van der Waals surface area (Å²) in [6.07, 6.45) is -0.0303. The molecular weight excluding hydrogens is 340 g/mol. The van der Waals surface area contributed by atoms with Crippen LogP contribution in [0.5, 0.6) is 5.75 Å². The number of hydrogen-bond acceptors (Lipinski definition) is 6. The van der Waals surface area contributed by atoms with Gasteiger partial charge in [-0.1, -0.05) is 24.3 Å². The van der Waals surface area contributed by atoms with Gasteiger partial charge in [0.25, 0.3) is 17.5 Å². The topological polar surface area (TPSA) is 114 Å². The number of nitro groups is 1. The lowest BCUT2D eigenvalue weighted by Crippen LogP contribution is -2.33. The summed E-state index contributed by atoms with van der Waals surface area (Å²) in [5, 5.41) is 18.5.